The van der Waals surface area contributed by atoms with Crippen LogP contribution in [0.4, 0.5) is 16.3 Å². The summed E-state index contributed by atoms with van der Waals surface area (Å²) in [6.07, 6.45) is 0.985. The van der Waals surface area contributed by atoms with Crippen molar-refractivity contribution in [2.24, 2.45) is 0 Å². The molecule has 10 nitrogen and oxygen atoms in total. The molecule has 5 rings (SSSR count). The summed E-state index contributed by atoms with van der Waals surface area (Å²) < 4.78 is 13.3. The second kappa shape index (κ2) is 11.6. The van der Waals surface area contributed by atoms with Crippen molar-refractivity contribution < 1.29 is 23.9 Å². The number of amides is 1. The van der Waals surface area contributed by atoms with E-state index in [4.69, 9.17) is 14.5 Å². The van der Waals surface area contributed by atoms with Crippen LogP contribution in [-0.4, -0.2) is 84.3 Å². The molecule has 0 N–H and O–H groups in total. The number of hydrogen-bond acceptors (Lipinski definition) is 8. The van der Waals surface area contributed by atoms with Gasteiger partial charge in [-0.05, 0) is 92.9 Å². The first-order valence-electron chi connectivity index (χ1n) is 14.2. The zero-order valence-corrected chi connectivity index (χ0v) is 26.6. The zero-order chi connectivity index (χ0) is 30.3. The number of halogens is 1. The molecular formula is C31H38BrN5O5. The Bertz CT molecular complexity index is 1500. The number of anilines is 2. The van der Waals surface area contributed by atoms with Crippen molar-refractivity contribution in [3.8, 4) is 0 Å². The number of pyridine rings is 1. The average molecular weight is 641 g/mol. The van der Waals surface area contributed by atoms with Crippen molar-refractivity contribution in [1.82, 2.24) is 14.5 Å². The first kappa shape index (κ1) is 29.9. The van der Waals surface area contributed by atoms with Crippen LogP contribution in [0.25, 0.3) is 11.0 Å². The number of benzene rings is 1. The fourth-order valence-electron chi connectivity index (χ4n) is 5.62. The highest BCUT2D eigenvalue weighted by Crippen LogP contribution is 2.43. The quantitative estimate of drug-likeness (QED) is 0.251. The van der Waals surface area contributed by atoms with E-state index in [0.717, 1.165) is 43.1 Å². The molecule has 2 aromatic heterocycles. The van der Waals surface area contributed by atoms with Gasteiger partial charge in [-0.2, -0.15) is 0 Å². The molecule has 0 atom stereocenters. The molecular weight excluding hydrogens is 602 g/mol. The fourth-order valence-corrected chi connectivity index (χ4v) is 6.28. The number of esters is 1. The Balaban J connectivity index is 1.36. The second-order valence-electron chi connectivity index (χ2n) is 12.0. The lowest BCUT2D eigenvalue weighted by Gasteiger charge is -2.42. The second-order valence-corrected chi connectivity index (χ2v) is 12.8. The minimum absolute atomic E-state index is 0.00709. The van der Waals surface area contributed by atoms with E-state index < -0.39 is 11.6 Å². The minimum atomic E-state index is -0.569. The summed E-state index contributed by atoms with van der Waals surface area (Å²) >= 11 is 3.65. The summed E-state index contributed by atoms with van der Waals surface area (Å²) in [5, 5.41) is 0.840. The monoisotopic (exact) mass is 639 g/mol. The van der Waals surface area contributed by atoms with Crippen LogP contribution in [0.1, 0.15) is 67.4 Å². The van der Waals surface area contributed by atoms with Crippen LogP contribution >= 0.6 is 15.9 Å². The molecule has 11 heteroatoms. The molecule has 0 bridgehead atoms. The van der Waals surface area contributed by atoms with Crippen LogP contribution in [0, 0.1) is 0 Å². The van der Waals surface area contributed by atoms with Gasteiger partial charge >= 0.3 is 12.1 Å². The Morgan fingerprint density at radius 1 is 0.976 bits per heavy atom. The molecule has 224 valence electrons. The van der Waals surface area contributed by atoms with E-state index in [2.05, 4.69) is 25.7 Å². The highest BCUT2D eigenvalue weighted by atomic mass is 79.9. The smallest absolute Gasteiger partial charge is 0.410 e. The van der Waals surface area contributed by atoms with Crippen LogP contribution in [-0.2, 0) is 9.47 Å². The van der Waals surface area contributed by atoms with Gasteiger partial charge in [-0.25, -0.2) is 14.6 Å². The van der Waals surface area contributed by atoms with Gasteiger partial charge in [0, 0.05) is 61.9 Å². The molecule has 0 radical (unpaired) electrons. The highest BCUT2D eigenvalue weighted by molar-refractivity contribution is 9.10. The number of Topliss-reactive ketones (excluding diaryl/α,β-unsaturated/α-hetero) is 1. The molecule has 1 aromatic carbocycles. The number of rotatable bonds is 6. The van der Waals surface area contributed by atoms with Crippen LogP contribution in [0.3, 0.4) is 0 Å². The molecule has 1 saturated heterocycles. The number of ketones is 1. The van der Waals surface area contributed by atoms with Gasteiger partial charge in [0.15, 0.2) is 5.78 Å². The first-order valence-corrected chi connectivity index (χ1v) is 15.0. The van der Waals surface area contributed by atoms with Gasteiger partial charge in [0.1, 0.15) is 22.8 Å². The Hall–Kier alpha value is -3.60. The predicted molar refractivity (Wildman–Crippen MR) is 166 cm³/mol. The zero-order valence-electron chi connectivity index (χ0n) is 25.0. The number of piperazine rings is 1. The van der Waals surface area contributed by atoms with Crippen molar-refractivity contribution in [3.63, 3.8) is 0 Å². The lowest BCUT2D eigenvalue weighted by molar-refractivity contribution is 0.00755. The van der Waals surface area contributed by atoms with E-state index in [1.54, 1.807) is 18.9 Å². The summed E-state index contributed by atoms with van der Waals surface area (Å²) in [6.45, 7) is 10.3. The molecule has 1 aliphatic carbocycles. The largest absolute Gasteiger partial charge is 0.464 e. The van der Waals surface area contributed by atoms with E-state index in [0.29, 0.717) is 34.2 Å². The molecule has 0 spiro atoms. The first-order chi connectivity index (χ1) is 19.9. The van der Waals surface area contributed by atoms with Crippen molar-refractivity contribution in [2.45, 2.75) is 58.2 Å². The third-order valence-corrected chi connectivity index (χ3v) is 8.88. The number of methoxy groups -OCH3 is 1. The molecule has 1 aliphatic heterocycles. The minimum Gasteiger partial charge on any atom is -0.464 e. The summed E-state index contributed by atoms with van der Waals surface area (Å²) in [4.78, 5) is 48.5. The number of nitrogens with zero attached hydrogens (tertiary/aromatic N) is 5. The maximum absolute atomic E-state index is 12.9. The van der Waals surface area contributed by atoms with Crippen molar-refractivity contribution in [1.29, 1.82) is 0 Å². The number of carbonyl (C=O) groups is 3. The van der Waals surface area contributed by atoms with Gasteiger partial charge in [0.05, 0.1) is 11.6 Å². The van der Waals surface area contributed by atoms with Crippen LogP contribution in [0.2, 0.25) is 0 Å². The van der Waals surface area contributed by atoms with Crippen LogP contribution < -0.4 is 9.80 Å². The van der Waals surface area contributed by atoms with E-state index in [-0.39, 0.29) is 24.0 Å². The molecule has 3 heterocycles. The van der Waals surface area contributed by atoms with Gasteiger partial charge in [-0.1, -0.05) is 0 Å². The van der Waals surface area contributed by atoms with Crippen LogP contribution in [0.5, 0.6) is 0 Å². The summed E-state index contributed by atoms with van der Waals surface area (Å²) in [5.74, 6) is 0.473. The number of carbonyl (C=O) groups excluding carboxylic acids is 3. The van der Waals surface area contributed by atoms with Crippen molar-refractivity contribution in [2.75, 3.05) is 50.1 Å². The Labute approximate surface area is 254 Å². The number of fused-ring (bicyclic) bond motifs is 1. The Morgan fingerprint density at radius 3 is 2.17 bits per heavy atom. The normalized spacial score (nSPS) is 18.9. The third kappa shape index (κ3) is 5.84. The number of aromatic nitrogens is 2. The van der Waals surface area contributed by atoms with E-state index in [1.807, 2.05) is 61.7 Å². The maximum Gasteiger partial charge on any atom is 0.410 e. The van der Waals surface area contributed by atoms with Crippen molar-refractivity contribution in [3.05, 3.63) is 52.1 Å². The summed E-state index contributed by atoms with van der Waals surface area (Å²) in [6, 6.07) is 11.7. The van der Waals surface area contributed by atoms with E-state index >= 15 is 0 Å². The van der Waals surface area contributed by atoms with Gasteiger partial charge in [-0.3, -0.25) is 4.79 Å². The predicted octanol–water partition coefficient (Wildman–Crippen LogP) is 5.69. The SMILES string of the molecule is COC(=O)c1c(Br)c2ccc(N3CCN(c4ccc(C(C)=O)cc4)CC3)nc2n1[C@H]1C[C@H](N(C)C(=O)OC(C)(C)C)C1. The van der Waals surface area contributed by atoms with E-state index in [9.17, 15) is 14.4 Å². The Kier molecular flexibility index (Phi) is 8.24. The summed E-state index contributed by atoms with van der Waals surface area (Å²) in [7, 11) is 3.14. The fraction of sp³-hybridized carbons (Fsp3) is 0.484. The van der Waals surface area contributed by atoms with Gasteiger partial charge in [0.25, 0.3) is 0 Å². The topological polar surface area (TPSA) is 97.2 Å². The van der Waals surface area contributed by atoms with Crippen LogP contribution in [0.15, 0.2) is 40.9 Å². The standard InChI is InChI=1S/C31H38BrN5O5/c1-19(38)20-7-9-21(10-8-20)35-13-15-36(16-14-35)25-12-11-24-26(32)27(29(39)41-6)37(28(24)33-25)23-17-22(18-23)34(5)30(40)42-31(2,3)4/h7-12,22-23H,13-18H2,1-6H3/t22-,23-. The maximum atomic E-state index is 12.9. The average Bonchev–Trinajstić information content (AvgIpc) is 3.22. The molecule has 1 saturated carbocycles. The molecule has 0 unspecified atom stereocenters. The van der Waals surface area contributed by atoms with E-state index in [1.165, 1.54) is 7.11 Å². The molecule has 42 heavy (non-hydrogen) atoms. The van der Waals surface area contributed by atoms with Crippen molar-refractivity contribution >= 4 is 56.3 Å². The van der Waals surface area contributed by atoms with Gasteiger partial charge < -0.3 is 28.7 Å². The number of hydrogen-bond donors (Lipinski definition) is 0. The third-order valence-electron chi connectivity index (χ3n) is 8.08. The molecule has 3 aromatic rings. The number of ether oxygens (including phenoxy) is 2. The summed E-state index contributed by atoms with van der Waals surface area (Å²) in [5.41, 5.74) is 2.38. The Morgan fingerprint density at radius 2 is 1.60 bits per heavy atom. The molecule has 2 fully saturated rings. The molecule has 1 amide bonds. The molecule has 2 aliphatic rings. The lowest BCUT2D eigenvalue weighted by atomic mass is 9.85. The highest BCUT2D eigenvalue weighted by Gasteiger charge is 2.40. The van der Waals surface area contributed by atoms with Gasteiger partial charge in [0.2, 0.25) is 0 Å². The van der Waals surface area contributed by atoms with Gasteiger partial charge in [-0.15, -0.1) is 0 Å². The lowest BCUT2D eigenvalue weighted by Crippen LogP contribution is -2.48.